The van der Waals surface area contributed by atoms with Crippen LogP contribution >= 0.6 is 11.8 Å². The summed E-state index contributed by atoms with van der Waals surface area (Å²) in [7, 11) is 1.57. The smallest absolute Gasteiger partial charge is 0.383 e. The highest BCUT2D eigenvalue weighted by Crippen LogP contribution is 2.31. The number of para-hydroxylation sites is 1. The number of fused-ring (bicyclic) bond motifs is 1. The first-order chi connectivity index (χ1) is 16.3. The van der Waals surface area contributed by atoms with Gasteiger partial charge in [0, 0.05) is 25.8 Å². The molecule has 0 aliphatic carbocycles. The van der Waals surface area contributed by atoms with Crippen LogP contribution in [-0.4, -0.2) is 41.5 Å². The van der Waals surface area contributed by atoms with Crippen molar-refractivity contribution < 1.29 is 22.7 Å². The molecular weight excluding hydrogens is 467 g/mol. The molecule has 0 aliphatic rings. The van der Waals surface area contributed by atoms with Crippen LogP contribution in [0.2, 0.25) is 0 Å². The van der Waals surface area contributed by atoms with Crippen LogP contribution in [0.1, 0.15) is 31.2 Å². The summed E-state index contributed by atoms with van der Waals surface area (Å²) >= 11 is 1.31. The van der Waals surface area contributed by atoms with Gasteiger partial charge in [0.15, 0.2) is 5.16 Å². The van der Waals surface area contributed by atoms with Gasteiger partial charge in [-0.25, -0.2) is 4.98 Å². The summed E-state index contributed by atoms with van der Waals surface area (Å²) in [5, 5.41) is 3.44. The first-order valence-corrected chi connectivity index (χ1v) is 11.9. The molecular formula is C24H26F3N3O3S. The number of ether oxygens (including phenoxy) is 1. The second-order valence-corrected chi connectivity index (χ2v) is 8.66. The van der Waals surface area contributed by atoms with Crippen molar-refractivity contribution in [3.05, 3.63) is 64.4 Å². The van der Waals surface area contributed by atoms with E-state index in [0.29, 0.717) is 47.8 Å². The van der Waals surface area contributed by atoms with Crippen LogP contribution in [-0.2, 0) is 15.7 Å². The summed E-state index contributed by atoms with van der Waals surface area (Å²) in [5.74, 6) is 0.578. The number of benzene rings is 2. The van der Waals surface area contributed by atoms with Crippen LogP contribution < -0.4 is 10.9 Å². The van der Waals surface area contributed by atoms with Gasteiger partial charge in [0.1, 0.15) is 0 Å². The molecule has 0 atom stereocenters. The lowest BCUT2D eigenvalue weighted by Gasteiger charge is -2.15. The molecule has 0 fully saturated rings. The van der Waals surface area contributed by atoms with E-state index >= 15 is 0 Å². The lowest BCUT2D eigenvalue weighted by Crippen LogP contribution is -2.26. The monoisotopic (exact) mass is 493 g/mol. The number of halogens is 3. The summed E-state index contributed by atoms with van der Waals surface area (Å²) in [4.78, 5) is 29.5. The number of rotatable bonds is 11. The molecule has 1 aromatic heterocycles. The number of carbonyl (C=O) groups is 1. The average Bonchev–Trinajstić information content (AvgIpc) is 2.81. The highest BCUT2D eigenvalue weighted by atomic mass is 32.2. The van der Waals surface area contributed by atoms with Gasteiger partial charge in [0.2, 0.25) is 5.91 Å². The number of unbranched alkanes of at least 4 members (excludes halogenated alkanes) is 2. The molecule has 0 spiro atoms. The van der Waals surface area contributed by atoms with Crippen molar-refractivity contribution in [1.29, 1.82) is 0 Å². The number of amides is 1. The fourth-order valence-electron chi connectivity index (χ4n) is 3.37. The third-order valence-electron chi connectivity index (χ3n) is 5.08. The summed E-state index contributed by atoms with van der Waals surface area (Å²) in [6.45, 7) is 0.945. The number of methoxy groups -OCH3 is 1. The summed E-state index contributed by atoms with van der Waals surface area (Å²) in [5.41, 5.74) is -0.635. The number of carbonyl (C=O) groups excluding carboxylic acids is 1. The van der Waals surface area contributed by atoms with Crippen molar-refractivity contribution in [3.8, 4) is 5.69 Å². The Balaban J connectivity index is 1.74. The van der Waals surface area contributed by atoms with Crippen molar-refractivity contribution in [2.45, 2.75) is 37.0 Å². The van der Waals surface area contributed by atoms with E-state index < -0.39 is 17.3 Å². The number of aromatic nitrogens is 2. The van der Waals surface area contributed by atoms with E-state index in [2.05, 4.69) is 10.3 Å². The quantitative estimate of drug-likeness (QED) is 0.236. The maximum Gasteiger partial charge on any atom is 0.416 e. The zero-order chi connectivity index (χ0) is 24.6. The second-order valence-electron chi connectivity index (χ2n) is 7.60. The number of hydrogen-bond donors (Lipinski definition) is 1. The lowest BCUT2D eigenvalue weighted by molar-refractivity contribution is -0.137. The Morgan fingerprint density at radius 3 is 2.68 bits per heavy atom. The van der Waals surface area contributed by atoms with E-state index in [0.717, 1.165) is 25.0 Å². The molecule has 0 bridgehead atoms. The molecule has 0 saturated carbocycles. The number of hydrogen-bond acceptors (Lipinski definition) is 5. The lowest BCUT2D eigenvalue weighted by atomic mass is 10.2. The van der Waals surface area contributed by atoms with Crippen LogP contribution in [0, 0.1) is 0 Å². The Kier molecular flexibility index (Phi) is 9.12. The fourth-order valence-corrected chi connectivity index (χ4v) is 4.38. The van der Waals surface area contributed by atoms with Crippen LogP contribution in [0.3, 0.4) is 0 Å². The van der Waals surface area contributed by atoms with Gasteiger partial charge in [-0.2, -0.15) is 13.2 Å². The standard InChI is InChI=1S/C24H26F3N3O3S/c1-33-14-13-28-21(31)12-3-2-6-15-34-23-29-20-11-5-4-10-19(20)22(32)30(23)18-9-7-8-17(16-18)24(25,26)27/h4-5,7-11,16H,2-3,6,12-15H2,1H3,(H,28,31). The SMILES string of the molecule is COCCNC(=O)CCCCCSc1nc2ccccc2c(=O)n1-c1cccc(C(F)(F)F)c1. The number of nitrogens with one attached hydrogen (secondary N) is 1. The first-order valence-electron chi connectivity index (χ1n) is 10.9. The van der Waals surface area contributed by atoms with E-state index in [4.69, 9.17) is 4.74 Å². The maximum absolute atomic E-state index is 13.3. The van der Waals surface area contributed by atoms with Crippen LogP contribution in [0.4, 0.5) is 13.2 Å². The van der Waals surface area contributed by atoms with Gasteiger partial charge in [0.05, 0.1) is 28.8 Å². The molecule has 3 aromatic rings. The molecule has 6 nitrogen and oxygen atoms in total. The van der Waals surface area contributed by atoms with Crippen LogP contribution in [0.25, 0.3) is 16.6 Å². The van der Waals surface area contributed by atoms with Gasteiger partial charge in [-0.05, 0) is 43.2 Å². The molecule has 1 N–H and O–H groups in total. The second kappa shape index (κ2) is 12.0. The number of nitrogens with zero attached hydrogens (tertiary/aromatic N) is 2. The zero-order valence-electron chi connectivity index (χ0n) is 18.7. The molecule has 182 valence electrons. The van der Waals surface area contributed by atoms with Crippen molar-refractivity contribution in [1.82, 2.24) is 14.9 Å². The summed E-state index contributed by atoms with van der Waals surface area (Å²) < 4.78 is 45.9. The Hall–Kier alpha value is -2.85. The molecule has 10 heteroatoms. The number of thioether (sulfide) groups is 1. The molecule has 0 radical (unpaired) electrons. The molecule has 0 unspecified atom stereocenters. The van der Waals surface area contributed by atoms with E-state index in [1.165, 1.54) is 28.5 Å². The highest BCUT2D eigenvalue weighted by Gasteiger charge is 2.30. The third-order valence-corrected chi connectivity index (χ3v) is 6.11. The zero-order valence-corrected chi connectivity index (χ0v) is 19.5. The Labute approximate surface area is 199 Å². The van der Waals surface area contributed by atoms with E-state index in [1.54, 1.807) is 31.4 Å². The first kappa shape index (κ1) is 25.8. The Morgan fingerprint density at radius 1 is 1.12 bits per heavy atom. The van der Waals surface area contributed by atoms with Gasteiger partial charge in [-0.15, -0.1) is 0 Å². The molecule has 1 heterocycles. The van der Waals surface area contributed by atoms with E-state index in [1.807, 2.05) is 0 Å². The molecule has 0 saturated heterocycles. The number of alkyl halides is 3. The molecule has 34 heavy (non-hydrogen) atoms. The predicted octanol–water partition coefficient (Wildman–Crippen LogP) is 4.82. The normalized spacial score (nSPS) is 11.6. The van der Waals surface area contributed by atoms with Crippen molar-refractivity contribution in [3.63, 3.8) is 0 Å². The highest BCUT2D eigenvalue weighted by molar-refractivity contribution is 7.99. The van der Waals surface area contributed by atoms with Crippen molar-refractivity contribution >= 4 is 28.6 Å². The van der Waals surface area contributed by atoms with Crippen molar-refractivity contribution in [2.24, 2.45) is 0 Å². The van der Waals surface area contributed by atoms with E-state index in [-0.39, 0.29) is 11.6 Å². The molecule has 3 rings (SSSR count). The topological polar surface area (TPSA) is 73.2 Å². The van der Waals surface area contributed by atoms with Crippen LogP contribution in [0.5, 0.6) is 0 Å². The predicted molar refractivity (Wildman–Crippen MR) is 126 cm³/mol. The van der Waals surface area contributed by atoms with Gasteiger partial charge < -0.3 is 10.1 Å². The summed E-state index contributed by atoms with van der Waals surface area (Å²) in [6.07, 6.45) is -1.83. The third kappa shape index (κ3) is 6.83. The van der Waals surface area contributed by atoms with E-state index in [9.17, 15) is 22.8 Å². The fraction of sp³-hybridized carbons (Fsp3) is 0.375. The molecule has 0 aliphatic heterocycles. The molecule has 1 amide bonds. The van der Waals surface area contributed by atoms with Gasteiger partial charge in [-0.3, -0.25) is 14.2 Å². The van der Waals surface area contributed by atoms with Crippen molar-refractivity contribution in [2.75, 3.05) is 26.0 Å². The van der Waals surface area contributed by atoms with Gasteiger partial charge >= 0.3 is 6.18 Å². The maximum atomic E-state index is 13.3. The largest absolute Gasteiger partial charge is 0.416 e. The minimum Gasteiger partial charge on any atom is -0.383 e. The van der Waals surface area contributed by atoms with Gasteiger partial charge in [0.25, 0.3) is 5.56 Å². The minimum absolute atomic E-state index is 0.0284. The Morgan fingerprint density at radius 2 is 1.91 bits per heavy atom. The Bertz CT molecular complexity index is 1180. The van der Waals surface area contributed by atoms with Crippen LogP contribution in [0.15, 0.2) is 58.5 Å². The average molecular weight is 494 g/mol. The molecule has 2 aromatic carbocycles. The summed E-state index contributed by atoms with van der Waals surface area (Å²) in [6, 6.07) is 11.5. The van der Waals surface area contributed by atoms with Gasteiger partial charge in [-0.1, -0.05) is 36.4 Å². The minimum atomic E-state index is -4.52.